The minimum atomic E-state index is 0.603. The van der Waals surface area contributed by atoms with E-state index in [1.807, 2.05) is 0 Å². The maximum atomic E-state index is 4.75. The van der Waals surface area contributed by atoms with E-state index < -0.39 is 0 Å². The van der Waals surface area contributed by atoms with Crippen molar-refractivity contribution in [2.75, 3.05) is 5.32 Å². The molecule has 2 aliphatic carbocycles. The highest BCUT2D eigenvalue weighted by atomic mass is 15.2. The van der Waals surface area contributed by atoms with Gasteiger partial charge in [-0.25, -0.2) is 4.98 Å². The Morgan fingerprint density at radius 2 is 2.00 bits per heavy atom. The maximum absolute atomic E-state index is 4.75. The van der Waals surface area contributed by atoms with Crippen molar-refractivity contribution in [3.8, 4) is 0 Å². The molecule has 2 fully saturated rings. The van der Waals surface area contributed by atoms with Gasteiger partial charge in [-0.15, -0.1) is 0 Å². The van der Waals surface area contributed by atoms with Crippen LogP contribution in [-0.4, -0.2) is 15.6 Å². The molecule has 3 nitrogen and oxygen atoms in total. The Bertz CT molecular complexity index is 427. The number of nitrogens with zero attached hydrogens (tertiary/aromatic N) is 2. The molecule has 0 amide bonds. The average molecular weight is 275 g/mol. The van der Waals surface area contributed by atoms with Crippen molar-refractivity contribution in [2.45, 2.75) is 83.7 Å². The molecule has 112 valence electrons. The minimum Gasteiger partial charge on any atom is -0.353 e. The fraction of sp³-hybridized carbons (Fsp3) is 0.824. The molecule has 2 aliphatic rings. The van der Waals surface area contributed by atoms with Gasteiger partial charge in [0.1, 0.15) is 0 Å². The van der Waals surface area contributed by atoms with Gasteiger partial charge >= 0.3 is 0 Å². The van der Waals surface area contributed by atoms with Crippen LogP contribution >= 0.6 is 0 Å². The number of aromatic nitrogens is 2. The van der Waals surface area contributed by atoms with E-state index in [4.69, 9.17) is 4.98 Å². The fourth-order valence-electron chi connectivity index (χ4n) is 3.53. The third-order valence-corrected chi connectivity index (χ3v) is 4.96. The number of aryl methyl sites for hydroxylation is 1. The van der Waals surface area contributed by atoms with Crippen LogP contribution in [0.25, 0.3) is 0 Å². The Kier molecular flexibility index (Phi) is 4.32. The lowest BCUT2D eigenvalue weighted by atomic mass is 9.95. The van der Waals surface area contributed by atoms with Crippen LogP contribution < -0.4 is 5.32 Å². The molecule has 0 aliphatic heterocycles. The van der Waals surface area contributed by atoms with Gasteiger partial charge in [-0.3, -0.25) is 0 Å². The smallest absolute Gasteiger partial charge is 0.203 e. The number of rotatable bonds is 6. The molecule has 1 atom stereocenters. The van der Waals surface area contributed by atoms with E-state index in [9.17, 15) is 0 Å². The van der Waals surface area contributed by atoms with E-state index in [2.05, 4.69) is 29.9 Å². The molecule has 20 heavy (non-hydrogen) atoms. The summed E-state index contributed by atoms with van der Waals surface area (Å²) < 4.78 is 2.43. The van der Waals surface area contributed by atoms with Gasteiger partial charge in [0, 0.05) is 18.3 Å². The second kappa shape index (κ2) is 6.19. The van der Waals surface area contributed by atoms with Crippen molar-refractivity contribution in [3.63, 3.8) is 0 Å². The quantitative estimate of drug-likeness (QED) is 0.816. The number of nitrogens with one attached hydrogen (secondary N) is 1. The summed E-state index contributed by atoms with van der Waals surface area (Å²) in [5.74, 6) is 2.11. The Morgan fingerprint density at radius 1 is 1.25 bits per heavy atom. The number of hydrogen-bond acceptors (Lipinski definition) is 2. The Balaban J connectivity index is 1.70. The lowest BCUT2D eigenvalue weighted by molar-refractivity contribution is 0.354. The largest absolute Gasteiger partial charge is 0.353 e. The topological polar surface area (TPSA) is 29.9 Å². The molecular weight excluding hydrogens is 246 g/mol. The van der Waals surface area contributed by atoms with Crippen LogP contribution in [0.15, 0.2) is 6.20 Å². The van der Waals surface area contributed by atoms with E-state index >= 15 is 0 Å². The van der Waals surface area contributed by atoms with E-state index in [0.29, 0.717) is 12.1 Å². The van der Waals surface area contributed by atoms with Gasteiger partial charge < -0.3 is 9.88 Å². The van der Waals surface area contributed by atoms with Crippen molar-refractivity contribution in [1.29, 1.82) is 0 Å². The summed E-state index contributed by atoms with van der Waals surface area (Å²) in [6.07, 6.45) is 14.5. The molecule has 2 saturated carbocycles. The van der Waals surface area contributed by atoms with E-state index in [-0.39, 0.29) is 0 Å². The van der Waals surface area contributed by atoms with Crippen molar-refractivity contribution in [3.05, 3.63) is 11.9 Å². The lowest BCUT2D eigenvalue weighted by Gasteiger charge is -2.26. The molecule has 1 unspecified atom stereocenters. The SMILES string of the molecule is CCC(CC1CC1)Nc1nc(C)cn1C1CCCCC1. The zero-order valence-electron chi connectivity index (χ0n) is 13.1. The van der Waals surface area contributed by atoms with Crippen molar-refractivity contribution in [2.24, 2.45) is 5.92 Å². The first-order valence-electron chi connectivity index (χ1n) is 8.58. The van der Waals surface area contributed by atoms with Gasteiger partial charge in [0.15, 0.2) is 0 Å². The molecule has 0 spiro atoms. The summed E-state index contributed by atoms with van der Waals surface area (Å²) in [4.78, 5) is 4.75. The lowest BCUT2D eigenvalue weighted by Crippen LogP contribution is -2.23. The van der Waals surface area contributed by atoms with Crippen molar-refractivity contribution >= 4 is 5.95 Å². The van der Waals surface area contributed by atoms with Gasteiger partial charge in [-0.05, 0) is 38.5 Å². The number of imidazole rings is 1. The fourth-order valence-corrected chi connectivity index (χ4v) is 3.53. The molecule has 1 N–H and O–H groups in total. The first-order valence-corrected chi connectivity index (χ1v) is 8.58. The van der Waals surface area contributed by atoms with Crippen LogP contribution in [-0.2, 0) is 0 Å². The zero-order valence-corrected chi connectivity index (χ0v) is 13.1. The molecule has 1 heterocycles. The predicted molar refractivity (Wildman–Crippen MR) is 84.1 cm³/mol. The van der Waals surface area contributed by atoms with Gasteiger partial charge in [-0.1, -0.05) is 39.0 Å². The first-order chi connectivity index (χ1) is 9.76. The summed E-state index contributed by atoms with van der Waals surface area (Å²) in [5.41, 5.74) is 1.15. The minimum absolute atomic E-state index is 0.603. The second-order valence-electron chi connectivity index (χ2n) is 6.83. The Labute approximate surface area is 123 Å². The van der Waals surface area contributed by atoms with Crippen LogP contribution in [0.3, 0.4) is 0 Å². The first kappa shape index (κ1) is 14.0. The van der Waals surface area contributed by atoms with Crippen molar-refractivity contribution in [1.82, 2.24) is 9.55 Å². The Morgan fingerprint density at radius 3 is 2.65 bits per heavy atom. The molecule has 3 rings (SSSR count). The van der Waals surface area contributed by atoms with Gasteiger partial charge in [0.2, 0.25) is 5.95 Å². The molecular formula is C17H29N3. The third-order valence-electron chi connectivity index (χ3n) is 4.96. The highest BCUT2D eigenvalue weighted by Gasteiger charge is 2.26. The van der Waals surface area contributed by atoms with Crippen LogP contribution in [0.1, 0.15) is 76.4 Å². The summed E-state index contributed by atoms with van der Waals surface area (Å²) >= 11 is 0. The molecule has 0 radical (unpaired) electrons. The third kappa shape index (κ3) is 3.36. The monoisotopic (exact) mass is 275 g/mol. The molecule has 0 aromatic carbocycles. The highest BCUT2D eigenvalue weighted by molar-refractivity contribution is 5.31. The van der Waals surface area contributed by atoms with Crippen LogP contribution in [0, 0.1) is 12.8 Å². The molecule has 1 aromatic rings. The summed E-state index contributed by atoms with van der Waals surface area (Å²) in [6, 6.07) is 1.28. The predicted octanol–water partition coefficient (Wildman–Crippen LogP) is 4.69. The maximum Gasteiger partial charge on any atom is 0.203 e. The van der Waals surface area contributed by atoms with Gasteiger partial charge in [0.25, 0.3) is 0 Å². The van der Waals surface area contributed by atoms with E-state index in [1.54, 1.807) is 0 Å². The Hall–Kier alpha value is -0.990. The summed E-state index contributed by atoms with van der Waals surface area (Å²) in [7, 11) is 0. The molecule has 1 aromatic heterocycles. The van der Waals surface area contributed by atoms with Crippen LogP contribution in [0.4, 0.5) is 5.95 Å². The molecule has 3 heteroatoms. The van der Waals surface area contributed by atoms with Crippen molar-refractivity contribution < 1.29 is 0 Å². The number of hydrogen-bond donors (Lipinski definition) is 1. The van der Waals surface area contributed by atoms with Crippen LogP contribution in [0.2, 0.25) is 0 Å². The van der Waals surface area contributed by atoms with E-state index in [1.165, 1.54) is 57.8 Å². The zero-order chi connectivity index (χ0) is 13.9. The summed E-state index contributed by atoms with van der Waals surface area (Å²) in [5, 5.41) is 3.74. The average Bonchev–Trinajstić information content (AvgIpc) is 3.21. The second-order valence-corrected chi connectivity index (χ2v) is 6.83. The van der Waals surface area contributed by atoms with E-state index in [0.717, 1.165) is 17.6 Å². The molecule has 0 saturated heterocycles. The normalized spacial score (nSPS) is 21.9. The standard InChI is InChI=1S/C17H29N3/c1-3-15(11-14-9-10-14)19-17-18-13(2)12-20(17)16-7-5-4-6-8-16/h12,14-16H,3-11H2,1-2H3,(H,18,19). The van der Waals surface area contributed by atoms with Gasteiger partial charge in [-0.2, -0.15) is 0 Å². The number of anilines is 1. The highest BCUT2D eigenvalue weighted by Crippen LogP contribution is 2.35. The van der Waals surface area contributed by atoms with Crippen LogP contribution in [0.5, 0.6) is 0 Å². The molecule has 0 bridgehead atoms. The van der Waals surface area contributed by atoms with Gasteiger partial charge in [0.05, 0.1) is 5.69 Å². The summed E-state index contributed by atoms with van der Waals surface area (Å²) in [6.45, 7) is 4.41.